The van der Waals surface area contributed by atoms with Gasteiger partial charge >= 0.3 is 0 Å². The molecule has 1 aromatic carbocycles. The SMILES string of the molecule is CCSCC(C)NS(=O)(=O)c1ccccc1C(N)=S. The molecule has 0 aromatic heterocycles. The highest BCUT2D eigenvalue weighted by atomic mass is 32.2. The average Bonchev–Trinajstić information content (AvgIpc) is 2.35. The van der Waals surface area contributed by atoms with E-state index in [0.29, 0.717) is 5.56 Å². The fraction of sp³-hybridized carbons (Fsp3) is 0.417. The van der Waals surface area contributed by atoms with Gasteiger partial charge in [-0.2, -0.15) is 11.8 Å². The second kappa shape index (κ2) is 7.23. The second-order valence-corrected chi connectivity index (χ2v) is 7.48. The van der Waals surface area contributed by atoms with Gasteiger partial charge in [-0.05, 0) is 18.7 Å². The van der Waals surface area contributed by atoms with Crippen LogP contribution in [0.1, 0.15) is 19.4 Å². The molecule has 0 amide bonds. The van der Waals surface area contributed by atoms with Crippen molar-refractivity contribution in [1.82, 2.24) is 4.72 Å². The molecule has 7 heteroatoms. The van der Waals surface area contributed by atoms with E-state index >= 15 is 0 Å². The zero-order chi connectivity index (χ0) is 14.5. The maximum Gasteiger partial charge on any atom is 0.241 e. The van der Waals surface area contributed by atoms with E-state index in [4.69, 9.17) is 18.0 Å². The highest BCUT2D eigenvalue weighted by molar-refractivity contribution is 7.99. The molecular weight excluding hydrogens is 300 g/mol. The van der Waals surface area contributed by atoms with Gasteiger partial charge in [0.15, 0.2) is 0 Å². The smallest absolute Gasteiger partial charge is 0.241 e. The number of thioether (sulfide) groups is 1. The van der Waals surface area contributed by atoms with E-state index in [1.807, 2.05) is 13.8 Å². The van der Waals surface area contributed by atoms with Crippen molar-refractivity contribution in [1.29, 1.82) is 0 Å². The molecule has 0 fully saturated rings. The minimum absolute atomic E-state index is 0.0801. The highest BCUT2D eigenvalue weighted by Crippen LogP contribution is 2.16. The van der Waals surface area contributed by atoms with Gasteiger partial charge in [-0.15, -0.1) is 0 Å². The number of hydrogen-bond donors (Lipinski definition) is 2. The predicted molar refractivity (Wildman–Crippen MR) is 85.1 cm³/mol. The van der Waals surface area contributed by atoms with E-state index in [1.165, 1.54) is 6.07 Å². The average molecular weight is 318 g/mol. The molecule has 0 aliphatic heterocycles. The van der Waals surface area contributed by atoms with Gasteiger partial charge in [-0.3, -0.25) is 0 Å². The summed E-state index contributed by atoms with van der Waals surface area (Å²) >= 11 is 6.57. The first kappa shape index (κ1) is 16.4. The van der Waals surface area contributed by atoms with Crippen LogP contribution in [0.25, 0.3) is 0 Å². The molecule has 106 valence electrons. The van der Waals surface area contributed by atoms with Crippen molar-refractivity contribution >= 4 is 39.0 Å². The van der Waals surface area contributed by atoms with Crippen LogP contribution < -0.4 is 10.5 Å². The molecule has 4 nitrogen and oxygen atoms in total. The van der Waals surface area contributed by atoms with Crippen molar-refractivity contribution in [2.75, 3.05) is 11.5 Å². The molecule has 1 atom stereocenters. The van der Waals surface area contributed by atoms with Crippen LogP contribution in [0.15, 0.2) is 29.2 Å². The van der Waals surface area contributed by atoms with Gasteiger partial charge in [0.2, 0.25) is 10.0 Å². The topological polar surface area (TPSA) is 72.2 Å². The van der Waals surface area contributed by atoms with Crippen LogP contribution in [0.5, 0.6) is 0 Å². The van der Waals surface area contributed by atoms with Gasteiger partial charge in [0.05, 0.1) is 4.90 Å². The van der Waals surface area contributed by atoms with E-state index < -0.39 is 10.0 Å². The summed E-state index contributed by atoms with van der Waals surface area (Å²) in [6, 6.07) is 6.35. The maximum absolute atomic E-state index is 12.3. The summed E-state index contributed by atoms with van der Waals surface area (Å²) in [6.07, 6.45) is 0. The van der Waals surface area contributed by atoms with Crippen molar-refractivity contribution in [2.45, 2.75) is 24.8 Å². The largest absolute Gasteiger partial charge is 0.389 e. The first-order valence-corrected chi connectivity index (χ1v) is 8.92. The van der Waals surface area contributed by atoms with Gasteiger partial charge in [0.1, 0.15) is 4.99 Å². The lowest BCUT2D eigenvalue weighted by atomic mass is 10.2. The number of sulfonamides is 1. The molecule has 0 saturated carbocycles. The third-order valence-electron chi connectivity index (χ3n) is 2.37. The fourth-order valence-electron chi connectivity index (χ4n) is 1.56. The first-order valence-electron chi connectivity index (χ1n) is 5.87. The lowest BCUT2D eigenvalue weighted by Gasteiger charge is -2.15. The van der Waals surface area contributed by atoms with Crippen LogP contribution in [0.3, 0.4) is 0 Å². The Hall–Kier alpha value is -0.630. The predicted octanol–water partition coefficient (Wildman–Crippen LogP) is 1.74. The Morgan fingerprint density at radius 1 is 1.47 bits per heavy atom. The first-order chi connectivity index (χ1) is 8.88. The number of nitrogens with two attached hydrogens (primary N) is 1. The van der Waals surface area contributed by atoms with Crippen molar-refractivity contribution < 1.29 is 8.42 Å². The summed E-state index contributed by atoms with van der Waals surface area (Å²) in [5, 5.41) is 0. The van der Waals surface area contributed by atoms with Gasteiger partial charge in [-0.25, -0.2) is 13.1 Å². The lowest BCUT2D eigenvalue weighted by Crippen LogP contribution is -2.35. The Morgan fingerprint density at radius 2 is 2.11 bits per heavy atom. The van der Waals surface area contributed by atoms with Crippen molar-refractivity contribution in [3.63, 3.8) is 0 Å². The van der Waals surface area contributed by atoms with Crippen LogP contribution in [0, 0.1) is 0 Å². The van der Waals surface area contributed by atoms with E-state index in [0.717, 1.165) is 11.5 Å². The fourth-order valence-corrected chi connectivity index (χ4v) is 4.05. The van der Waals surface area contributed by atoms with Gasteiger partial charge < -0.3 is 5.73 Å². The second-order valence-electron chi connectivity index (χ2n) is 4.04. The molecule has 0 aliphatic rings. The minimum Gasteiger partial charge on any atom is -0.389 e. The Kier molecular flexibility index (Phi) is 6.25. The molecular formula is C12H18N2O2S3. The van der Waals surface area contributed by atoms with Crippen LogP contribution in [0.4, 0.5) is 0 Å². The van der Waals surface area contributed by atoms with Crippen LogP contribution in [-0.4, -0.2) is 31.0 Å². The zero-order valence-corrected chi connectivity index (χ0v) is 13.4. The Labute approximate surface area is 124 Å². The number of nitrogens with one attached hydrogen (secondary N) is 1. The number of thiocarbonyl (C=S) groups is 1. The molecule has 0 radical (unpaired) electrons. The molecule has 0 saturated heterocycles. The number of hydrogen-bond acceptors (Lipinski definition) is 4. The lowest BCUT2D eigenvalue weighted by molar-refractivity contribution is 0.571. The van der Waals surface area contributed by atoms with Crippen molar-refractivity contribution in [3.8, 4) is 0 Å². The summed E-state index contributed by atoms with van der Waals surface area (Å²) < 4.78 is 27.2. The molecule has 1 aromatic rings. The van der Waals surface area contributed by atoms with Crippen LogP contribution in [-0.2, 0) is 10.0 Å². The minimum atomic E-state index is -3.60. The molecule has 3 N–H and O–H groups in total. The van der Waals surface area contributed by atoms with Crippen molar-refractivity contribution in [2.24, 2.45) is 5.73 Å². The third kappa shape index (κ3) is 4.76. The monoisotopic (exact) mass is 318 g/mol. The van der Waals surface area contributed by atoms with Gasteiger partial charge in [-0.1, -0.05) is 37.3 Å². The molecule has 0 bridgehead atoms. The maximum atomic E-state index is 12.3. The molecule has 0 spiro atoms. The molecule has 1 unspecified atom stereocenters. The van der Waals surface area contributed by atoms with E-state index in [2.05, 4.69) is 4.72 Å². The Morgan fingerprint density at radius 3 is 2.68 bits per heavy atom. The number of rotatable bonds is 7. The third-order valence-corrected chi connectivity index (χ3v) is 5.38. The summed E-state index contributed by atoms with van der Waals surface area (Å²) in [7, 11) is -3.60. The summed E-state index contributed by atoms with van der Waals surface area (Å²) in [5.74, 6) is 1.68. The highest BCUT2D eigenvalue weighted by Gasteiger charge is 2.21. The summed E-state index contributed by atoms with van der Waals surface area (Å²) in [4.78, 5) is 0.215. The van der Waals surface area contributed by atoms with Gasteiger partial charge in [0, 0.05) is 17.4 Å². The van der Waals surface area contributed by atoms with Crippen LogP contribution >= 0.6 is 24.0 Å². The quantitative estimate of drug-likeness (QED) is 0.749. The van der Waals surface area contributed by atoms with Crippen LogP contribution in [0.2, 0.25) is 0 Å². The normalized spacial score (nSPS) is 13.2. The Bertz CT molecular complexity index is 544. The van der Waals surface area contributed by atoms with E-state index in [9.17, 15) is 8.42 Å². The molecule has 0 aliphatic carbocycles. The Balaban J connectivity index is 2.98. The van der Waals surface area contributed by atoms with E-state index in [1.54, 1.807) is 30.0 Å². The molecule has 0 heterocycles. The zero-order valence-electron chi connectivity index (χ0n) is 10.9. The molecule has 1 rings (SSSR count). The summed E-state index contributed by atoms with van der Waals surface area (Å²) in [5.41, 5.74) is 5.93. The van der Waals surface area contributed by atoms with Gasteiger partial charge in [0.25, 0.3) is 0 Å². The summed E-state index contributed by atoms with van der Waals surface area (Å²) in [6.45, 7) is 3.87. The van der Waals surface area contributed by atoms with E-state index in [-0.39, 0.29) is 15.9 Å². The number of benzene rings is 1. The molecule has 19 heavy (non-hydrogen) atoms. The van der Waals surface area contributed by atoms with Crippen molar-refractivity contribution in [3.05, 3.63) is 29.8 Å². The standard InChI is InChI=1S/C12H18N2O2S3/c1-3-18-8-9(2)14-19(15,16)11-7-5-4-6-10(11)12(13)17/h4-7,9,14H,3,8H2,1-2H3,(H2,13,17).